The van der Waals surface area contributed by atoms with Gasteiger partial charge in [0.05, 0.1) is 24.5 Å². The maximum absolute atomic E-state index is 12.2. The predicted octanol–water partition coefficient (Wildman–Crippen LogP) is 2.08. The number of morpholine rings is 1. The summed E-state index contributed by atoms with van der Waals surface area (Å²) in [5.74, 6) is 0.575. The highest BCUT2D eigenvalue weighted by Gasteiger charge is 2.27. The lowest BCUT2D eigenvalue weighted by atomic mass is 10.1. The molecule has 2 rings (SSSR count). The first-order valence-electron chi connectivity index (χ1n) is 6.22. The third-order valence-corrected chi connectivity index (χ3v) is 3.39. The van der Waals surface area contributed by atoms with Gasteiger partial charge in [0.25, 0.3) is 0 Å². The number of halogens is 1. The van der Waals surface area contributed by atoms with Crippen LogP contribution in [0, 0.1) is 0 Å². The van der Waals surface area contributed by atoms with E-state index in [0.717, 1.165) is 5.56 Å². The first-order valence-corrected chi connectivity index (χ1v) is 6.75. The minimum Gasteiger partial charge on any atom is -0.370 e. The number of carbonyl (C=O) groups excluding carboxylic acids is 1. The van der Waals surface area contributed by atoms with Gasteiger partial charge in [0.1, 0.15) is 0 Å². The summed E-state index contributed by atoms with van der Waals surface area (Å²) in [6, 6.07) is 9.80. The number of hydrogen-bond donors (Lipinski definition) is 0. The molecule has 0 spiro atoms. The molecule has 1 heterocycles. The van der Waals surface area contributed by atoms with Crippen LogP contribution in [-0.2, 0) is 16.0 Å². The molecule has 1 aliphatic heterocycles. The van der Waals surface area contributed by atoms with Crippen molar-refractivity contribution in [2.24, 2.45) is 0 Å². The highest BCUT2D eigenvalue weighted by atomic mass is 35.5. The number of alkyl halides is 1. The zero-order valence-corrected chi connectivity index (χ0v) is 11.3. The molecule has 0 radical (unpaired) electrons. The van der Waals surface area contributed by atoms with E-state index in [2.05, 4.69) is 0 Å². The maximum Gasteiger partial charge on any atom is 0.227 e. The first-order chi connectivity index (χ1) is 8.69. The van der Waals surface area contributed by atoms with Gasteiger partial charge < -0.3 is 9.64 Å². The Morgan fingerprint density at radius 2 is 2.11 bits per heavy atom. The SMILES string of the molecule is CC1CN(C(=O)Cc2ccccc2)CC(CCl)O1. The van der Waals surface area contributed by atoms with E-state index in [1.807, 2.05) is 42.2 Å². The van der Waals surface area contributed by atoms with E-state index in [4.69, 9.17) is 16.3 Å². The molecule has 98 valence electrons. The average Bonchev–Trinajstić information content (AvgIpc) is 2.39. The fraction of sp³-hybridized carbons (Fsp3) is 0.500. The molecule has 0 bridgehead atoms. The lowest BCUT2D eigenvalue weighted by Gasteiger charge is -2.36. The van der Waals surface area contributed by atoms with Crippen LogP contribution in [-0.4, -0.2) is 42.0 Å². The number of benzene rings is 1. The van der Waals surface area contributed by atoms with Gasteiger partial charge in [0.15, 0.2) is 0 Å². The first kappa shape index (κ1) is 13.4. The van der Waals surface area contributed by atoms with Crippen molar-refractivity contribution in [2.45, 2.75) is 25.6 Å². The van der Waals surface area contributed by atoms with Gasteiger partial charge in [-0.15, -0.1) is 11.6 Å². The lowest BCUT2D eigenvalue weighted by Crippen LogP contribution is -2.50. The van der Waals surface area contributed by atoms with E-state index in [9.17, 15) is 4.79 Å². The standard InChI is InChI=1S/C14H18ClNO2/c1-11-9-16(10-13(8-15)18-11)14(17)7-12-5-3-2-4-6-12/h2-6,11,13H,7-10H2,1H3. The molecule has 0 aromatic heterocycles. The third-order valence-electron chi connectivity index (χ3n) is 3.05. The summed E-state index contributed by atoms with van der Waals surface area (Å²) >= 11 is 5.81. The Morgan fingerprint density at radius 1 is 1.39 bits per heavy atom. The van der Waals surface area contributed by atoms with Crippen molar-refractivity contribution in [2.75, 3.05) is 19.0 Å². The summed E-state index contributed by atoms with van der Waals surface area (Å²) in [5.41, 5.74) is 1.05. The second kappa shape index (κ2) is 6.21. The van der Waals surface area contributed by atoms with E-state index in [-0.39, 0.29) is 18.1 Å². The van der Waals surface area contributed by atoms with Gasteiger partial charge >= 0.3 is 0 Å². The Morgan fingerprint density at radius 3 is 2.78 bits per heavy atom. The number of carbonyl (C=O) groups is 1. The van der Waals surface area contributed by atoms with Crippen molar-refractivity contribution >= 4 is 17.5 Å². The van der Waals surface area contributed by atoms with Crippen molar-refractivity contribution in [3.63, 3.8) is 0 Å². The predicted molar refractivity (Wildman–Crippen MR) is 71.8 cm³/mol. The van der Waals surface area contributed by atoms with Crippen molar-refractivity contribution in [1.82, 2.24) is 4.90 Å². The topological polar surface area (TPSA) is 29.5 Å². The summed E-state index contributed by atoms with van der Waals surface area (Å²) in [6.45, 7) is 3.22. The summed E-state index contributed by atoms with van der Waals surface area (Å²) < 4.78 is 5.64. The summed E-state index contributed by atoms with van der Waals surface area (Å²) in [6.07, 6.45) is 0.458. The van der Waals surface area contributed by atoms with Crippen LogP contribution in [0.4, 0.5) is 0 Å². The van der Waals surface area contributed by atoms with Gasteiger partial charge in [-0.25, -0.2) is 0 Å². The molecule has 0 saturated carbocycles. The van der Waals surface area contributed by atoms with Crippen LogP contribution in [0.5, 0.6) is 0 Å². The molecule has 0 N–H and O–H groups in total. The number of nitrogens with zero attached hydrogens (tertiary/aromatic N) is 1. The van der Waals surface area contributed by atoms with E-state index in [1.54, 1.807) is 0 Å². The Balaban J connectivity index is 1.96. The molecule has 1 saturated heterocycles. The lowest BCUT2D eigenvalue weighted by molar-refractivity contribution is -0.142. The van der Waals surface area contributed by atoms with Gasteiger partial charge in [-0.2, -0.15) is 0 Å². The fourth-order valence-corrected chi connectivity index (χ4v) is 2.39. The van der Waals surface area contributed by atoms with Gasteiger partial charge in [0.2, 0.25) is 5.91 Å². The van der Waals surface area contributed by atoms with Crippen LogP contribution in [0.3, 0.4) is 0 Å². The monoisotopic (exact) mass is 267 g/mol. The molecule has 2 unspecified atom stereocenters. The normalized spacial score (nSPS) is 24.0. The third kappa shape index (κ3) is 3.47. The molecule has 1 aromatic rings. The Hall–Kier alpha value is -1.06. The van der Waals surface area contributed by atoms with Crippen LogP contribution >= 0.6 is 11.6 Å². The molecule has 0 aliphatic carbocycles. The van der Waals surface area contributed by atoms with Crippen molar-refractivity contribution < 1.29 is 9.53 Å². The smallest absolute Gasteiger partial charge is 0.227 e. The molecule has 1 amide bonds. The van der Waals surface area contributed by atoms with Crippen LogP contribution in [0.2, 0.25) is 0 Å². The average molecular weight is 268 g/mol. The quantitative estimate of drug-likeness (QED) is 0.785. The second-order valence-electron chi connectivity index (χ2n) is 4.68. The summed E-state index contributed by atoms with van der Waals surface area (Å²) in [4.78, 5) is 14.1. The van der Waals surface area contributed by atoms with E-state index < -0.39 is 0 Å². The van der Waals surface area contributed by atoms with Crippen molar-refractivity contribution in [3.05, 3.63) is 35.9 Å². The van der Waals surface area contributed by atoms with E-state index in [1.165, 1.54) is 0 Å². The minimum absolute atomic E-state index is 0.0462. The number of amides is 1. The maximum atomic E-state index is 12.2. The Kier molecular flexibility index (Phi) is 4.61. The molecule has 1 aromatic carbocycles. The molecule has 1 aliphatic rings. The number of rotatable bonds is 3. The molecule has 1 fully saturated rings. The Labute approximate surface area is 113 Å². The van der Waals surface area contributed by atoms with Gasteiger partial charge in [-0.1, -0.05) is 30.3 Å². The van der Waals surface area contributed by atoms with Crippen LogP contribution in [0.25, 0.3) is 0 Å². The zero-order chi connectivity index (χ0) is 13.0. The van der Waals surface area contributed by atoms with Crippen LogP contribution in [0.15, 0.2) is 30.3 Å². The van der Waals surface area contributed by atoms with Crippen LogP contribution < -0.4 is 0 Å². The largest absolute Gasteiger partial charge is 0.370 e. The molecule has 3 nitrogen and oxygen atoms in total. The number of hydrogen-bond acceptors (Lipinski definition) is 2. The van der Waals surface area contributed by atoms with E-state index in [0.29, 0.717) is 25.4 Å². The van der Waals surface area contributed by atoms with Gasteiger partial charge in [-0.05, 0) is 12.5 Å². The number of ether oxygens (including phenoxy) is 1. The second-order valence-corrected chi connectivity index (χ2v) is 4.99. The van der Waals surface area contributed by atoms with Crippen molar-refractivity contribution in [1.29, 1.82) is 0 Å². The molecular formula is C14H18ClNO2. The van der Waals surface area contributed by atoms with Gasteiger partial charge in [0, 0.05) is 13.1 Å². The van der Waals surface area contributed by atoms with Crippen molar-refractivity contribution in [3.8, 4) is 0 Å². The summed E-state index contributed by atoms with van der Waals surface area (Å²) in [5, 5.41) is 0. The zero-order valence-electron chi connectivity index (χ0n) is 10.5. The van der Waals surface area contributed by atoms with E-state index >= 15 is 0 Å². The molecule has 2 atom stereocenters. The molecule has 18 heavy (non-hydrogen) atoms. The van der Waals surface area contributed by atoms with Gasteiger partial charge in [-0.3, -0.25) is 4.79 Å². The van der Waals surface area contributed by atoms with Crippen LogP contribution in [0.1, 0.15) is 12.5 Å². The highest BCUT2D eigenvalue weighted by molar-refractivity contribution is 6.18. The Bertz CT molecular complexity index is 396. The highest BCUT2D eigenvalue weighted by Crippen LogP contribution is 2.14. The molecule has 4 heteroatoms. The fourth-order valence-electron chi connectivity index (χ4n) is 2.22. The molecular weight excluding hydrogens is 250 g/mol. The minimum atomic E-state index is -0.0462. The summed E-state index contributed by atoms with van der Waals surface area (Å²) in [7, 11) is 0.